The van der Waals surface area contributed by atoms with Crippen LogP contribution in [0.5, 0.6) is 0 Å². The van der Waals surface area contributed by atoms with Gasteiger partial charge in [0.15, 0.2) is 17.5 Å². The molecule has 57 heavy (non-hydrogen) atoms. The first-order valence-electron chi connectivity index (χ1n) is 19.1. The van der Waals surface area contributed by atoms with E-state index >= 15 is 0 Å². The maximum absolute atomic E-state index is 6.46. The smallest absolute Gasteiger partial charge is 0.164 e. The second kappa shape index (κ2) is 12.3. The van der Waals surface area contributed by atoms with Crippen molar-refractivity contribution in [2.45, 2.75) is 0 Å². The summed E-state index contributed by atoms with van der Waals surface area (Å²) in [5.41, 5.74) is 11.3. The highest BCUT2D eigenvalue weighted by atomic mass is 16.3. The van der Waals surface area contributed by atoms with E-state index in [0.29, 0.717) is 17.5 Å². The normalized spacial score (nSPS) is 11.9. The van der Waals surface area contributed by atoms with Gasteiger partial charge in [0, 0.05) is 55.0 Å². The Bertz CT molecular complexity index is 3430. The summed E-state index contributed by atoms with van der Waals surface area (Å²) in [6.45, 7) is 0. The van der Waals surface area contributed by atoms with Crippen molar-refractivity contribution in [3.05, 3.63) is 188 Å². The van der Waals surface area contributed by atoms with Crippen LogP contribution in [-0.4, -0.2) is 24.1 Å². The van der Waals surface area contributed by atoms with Crippen LogP contribution in [0.1, 0.15) is 0 Å². The number of rotatable bonds is 5. The van der Waals surface area contributed by atoms with E-state index < -0.39 is 0 Å². The molecule has 4 heterocycles. The van der Waals surface area contributed by atoms with Gasteiger partial charge in [0.25, 0.3) is 0 Å². The van der Waals surface area contributed by atoms with E-state index in [1.165, 1.54) is 21.5 Å². The van der Waals surface area contributed by atoms with Gasteiger partial charge in [0.2, 0.25) is 0 Å². The quantitative estimate of drug-likeness (QED) is 0.177. The fraction of sp³-hybridized carbons (Fsp3) is 0. The van der Waals surface area contributed by atoms with Crippen LogP contribution in [0.15, 0.2) is 192 Å². The minimum Gasteiger partial charge on any atom is -0.456 e. The van der Waals surface area contributed by atoms with Crippen molar-refractivity contribution < 1.29 is 4.42 Å². The van der Waals surface area contributed by atoms with Gasteiger partial charge in [-0.2, -0.15) is 0 Å². The predicted molar refractivity (Wildman–Crippen MR) is 232 cm³/mol. The van der Waals surface area contributed by atoms with E-state index in [9.17, 15) is 0 Å². The third-order valence-electron chi connectivity index (χ3n) is 11.2. The largest absolute Gasteiger partial charge is 0.456 e. The van der Waals surface area contributed by atoms with E-state index in [4.69, 9.17) is 19.4 Å². The van der Waals surface area contributed by atoms with Crippen molar-refractivity contribution in [2.75, 3.05) is 0 Å². The van der Waals surface area contributed by atoms with E-state index in [-0.39, 0.29) is 0 Å². The van der Waals surface area contributed by atoms with Gasteiger partial charge in [-0.15, -0.1) is 0 Å². The number of hydrogen-bond donors (Lipinski definition) is 0. The highest BCUT2D eigenvalue weighted by molar-refractivity contribution is 6.31. The first kappa shape index (κ1) is 31.5. The molecule has 12 aromatic rings. The molecular weight excluding hydrogens is 699 g/mol. The summed E-state index contributed by atoms with van der Waals surface area (Å²) in [5, 5.41) is 6.98. The molecule has 0 spiro atoms. The van der Waals surface area contributed by atoms with E-state index in [1.807, 2.05) is 66.7 Å². The summed E-state index contributed by atoms with van der Waals surface area (Å²) < 4.78 is 11.3. The molecule has 6 heteroatoms. The van der Waals surface area contributed by atoms with Crippen LogP contribution in [0, 0.1) is 0 Å². The first-order valence-corrected chi connectivity index (χ1v) is 19.1. The number of nitrogens with zero attached hydrogens (tertiary/aromatic N) is 5. The molecule has 266 valence electrons. The average molecular weight is 730 g/mol. The summed E-state index contributed by atoms with van der Waals surface area (Å²) in [6.07, 6.45) is 0. The SMILES string of the molecule is c1ccc(-c2nc(-c3ccccc3)nc(-c3ccc(-n4c5ccccc5c5ccc6c(c7ccc8oc9ccccc9c8c7n6-c6ccccc6)c54)cc3)n2)cc1. The van der Waals surface area contributed by atoms with Crippen molar-refractivity contribution in [3.63, 3.8) is 0 Å². The highest BCUT2D eigenvalue weighted by Gasteiger charge is 2.24. The van der Waals surface area contributed by atoms with Gasteiger partial charge in [-0.05, 0) is 66.7 Å². The molecule has 0 aliphatic carbocycles. The number of furan rings is 1. The summed E-state index contributed by atoms with van der Waals surface area (Å²) >= 11 is 0. The lowest BCUT2D eigenvalue weighted by atomic mass is 10.1. The Kier molecular flexibility index (Phi) is 6.83. The molecular formula is C51H31N5O. The number of para-hydroxylation sites is 3. The Morgan fingerprint density at radius 1 is 0.316 bits per heavy atom. The zero-order valence-corrected chi connectivity index (χ0v) is 30.5. The standard InChI is InChI=1S/C51H31N5O/c1-4-14-32(15-5-1)49-52-50(33-16-6-2-7-17-33)54-51(53-49)34-24-26-36(27-25-34)55-41-22-12-10-20-37(41)38-28-30-42-45(47(38)55)40-29-31-44-46(39-21-11-13-23-43(39)57-44)48(40)56(42)35-18-8-3-9-19-35/h1-31H. The summed E-state index contributed by atoms with van der Waals surface area (Å²) in [6, 6.07) is 65.5. The van der Waals surface area contributed by atoms with Crippen molar-refractivity contribution in [1.29, 1.82) is 0 Å². The third kappa shape index (κ3) is 4.81. The fourth-order valence-corrected chi connectivity index (χ4v) is 8.66. The van der Waals surface area contributed by atoms with Gasteiger partial charge in [0.1, 0.15) is 11.2 Å². The fourth-order valence-electron chi connectivity index (χ4n) is 8.66. The Balaban J connectivity index is 1.12. The monoisotopic (exact) mass is 729 g/mol. The van der Waals surface area contributed by atoms with Crippen molar-refractivity contribution >= 4 is 65.6 Å². The van der Waals surface area contributed by atoms with Crippen molar-refractivity contribution in [2.24, 2.45) is 0 Å². The van der Waals surface area contributed by atoms with Crippen LogP contribution in [0.3, 0.4) is 0 Å². The van der Waals surface area contributed by atoms with Crippen molar-refractivity contribution in [3.8, 4) is 45.5 Å². The molecule has 0 N–H and O–H groups in total. The molecule has 0 atom stereocenters. The molecule has 8 aromatic carbocycles. The van der Waals surface area contributed by atoms with Crippen LogP contribution in [-0.2, 0) is 0 Å². The number of fused-ring (bicyclic) bond motifs is 11. The maximum atomic E-state index is 6.46. The molecule has 12 rings (SSSR count). The van der Waals surface area contributed by atoms with Gasteiger partial charge in [0.05, 0.1) is 27.5 Å². The molecule has 0 amide bonds. The van der Waals surface area contributed by atoms with E-state index in [0.717, 1.165) is 72.1 Å². The Hall–Kier alpha value is -7.83. The maximum Gasteiger partial charge on any atom is 0.164 e. The van der Waals surface area contributed by atoms with Gasteiger partial charge in [-0.25, -0.2) is 15.0 Å². The predicted octanol–water partition coefficient (Wildman–Crippen LogP) is 13.0. The topological polar surface area (TPSA) is 61.7 Å². The molecule has 0 bridgehead atoms. The first-order chi connectivity index (χ1) is 28.3. The number of aromatic nitrogens is 5. The third-order valence-corrected chi connectivity index (χ3v) is 11.2. The lowest BCUT2D eigenvalue weighted by Crippen LogP contribution is -2.00. The molecule has 0 saturated carbocycles. The van der Waals surface area contributed by atoms with Crippen molar-refractivity contribution in [1.82, 2.24) is 24.1 Å². The molecule has 0 saturated heterocycles. The van der Waals surface area contributed by atoms with Gasteiger partial charge in [-0.1, -0.05) is 121 Å². The van der Waals surface area contributed by atoms with E-state index in [1.54, 1.807) is 0 Å². The molecule has 6 nitrogen and oxygen atoms in total. The van der Waals surface area contributed by atoms with Gasteiger partial charge in [-0.3, -0.25) is 0 Å². The summed E-state index contributed by atoms with van der Waals surface area (Å²) in [4.78, 5) is 14.9. The Morgan fingerprint density at radius 2 is 0.825 bits per heavy atom. The second-order valence-corrected chi connectivity index (χ2v) is 14.4. The minimum atomic E-state index is 0.626. The average Bonchev–Trinajstić information content (AvgIpc) is 3.95. The van der Waals surface area contributed by atoms with E-state index in [2.05, 4.69) is 130 Å². The molecule has 0 unspecified atom stereocenters. The summed E-state index contributed by atoms with van der Waals surface area (Å²) in [5.74, 6) is 1.91. The van der Waals surface area contributed by atoms with Gasteiger partial charge < -0.3 is 13.6 Å². The second-order valence-electron chi connectivity index (χ2n) is 14.4. The highest BCUT2D eigenvalue weighted by Crippen LogP contribution is 2.45. The Morgan fingerprint density at radius 3 is 1.51 bits per heavy atom. The minimum absolute atomic E-state index is 0.626. The zero-order chi connectivity index (χ0) is 37.5. The van der Waals surface area contributed by atoms with Crippen LogP contribution in [0.25, 0.3) is 111 Å². The van der Waals surface area contributed by atoms with Crippen LogP contribution in [0.4, 0.5) is 0 Å². The number of benzene rings is 8. The molecule has 0 fully saturated rings. The lowest BCUT2D eigenvalue weighted by Gasteiger charge is -2.12. The Labute approximate surface area is 326 Å². The molecule has 0 aliphatic rings. The van der Waals surface area contributed by atoms with Gasteiger partial charge >= 0.3 is 0 Å². The summed E-state index contributed by atoms with van der Waals surface area (Å²) in [7, 11) is 0. The molecule has 4 aromatic heterocycles. The van der Waals surface area contributed by atoms with Crippen LogP contribution < -0.4 is 0 Å². The molecule has 0 radical (unpaired) electrons. The lowest BCUT2D eigenvalue weighted by molar-refractivity contribution is 0.669. The van der Waals surface area contributed by atoms with Crippen LogP contribution in [0.2, 0.25) is 0 Å². The zero-order valence-electron chi connectivity index (χ0n) is 30.5. The number of hydrogen-bond acceptors (Lipinski definition) is 4. The van der Waals surface area contributed by atoms with Crippen LogP contribution >= 0.6 is 0 Å². The molecule has 0 aliphatic heterocycles.